The van der Waals surface area contributed by atoms with E-state index in [1.54, 1.807) is 0 Å². The summed E-state index contributed by atoms with van der Waals surface area (Å²) >= 11 is 0. The van der Waals surface area contributed by atoms with Crippen LogP contribution >= 0.6 is 0 Å². The molecule has 1 N–H and O–H groups in total. The number of nitrogens with one attached hydrogen (secondary N) is 1. The van der Waals surface area contributed by atoms with E-state index in [9.17, 15) is 9.59 Å². The molecule has 3 heteroatoms. The fourth-order valence-corrected chi connectivity index (χ4v) is 1.07. The average molecular weight is 215 g/mol. The highest BCUT2D eigenvalue weighted by atomic mass is 16.1. The number of unbranched alkanes of at least 4 members (excludes halogenated alkanes) is 2. The zero-order valence-corrected chi connectivity index (χ0v) is 10.6. The summed E-state index contributed by atoms with van der Waals surface area (Å²) in [5, 5.41) is 2.72. The Morgan fingerprint density at radius 2 is 1.67 bits per heavy atom. The molecule has 1 amide bonds. The van der Waals surface area contributed by atoms with Crippen LogP contribution in [0.4, 0.5) is 0 Å². The summed E-state index contributed by atoms with van der Waals surface area (Å²) in [4.78, 5) is 21.3. The van der Waals surface area contributed by atoms with Crippen LogP contribution < -0.4 is 5.32 Å². The van der Waals surface area contributed by atoms with Crippen LogP contribution in [-0.4, -0.2) is 18.2 Å². The molecular formula is C12H25NO2. The quantitative estimate of drug-likeness (QED) is 0.664. The lowest BCUT2D eigenvalue weighted by molar-refractivity contribution is -0.119. The lowest BCUT2D eigenvalue weighted by atomic mass is 10.1. The van der Waals surface area contributed by atoms with Crippen molar-refractivity contribution in [1.29, 1.82) is 0 Å². The molecule has 0 radical (unpaired) electrons. The first-order valence-electron chi connectivity index (χ1n) is 5.93. The molecule has 90 valence electrons. The first kappa shape index (κ1) is 16.6. The fraction of sp³-hybridized carbons (Fsp3) is 0.833. The van der Waals surface area contributed by atoms with Crippen molar-refractivity contribution >= 4 is 11.7 Å². The predicted molar refractivity (Wildman–Crippen MR) is 63.8 cm³/mol. The maximum absolute atomic E-state index is 10.9. The number of rotatable bonds is 7. The van der Waals surface area contributed by atoms with Gasteiger partial charge in [0.25, 0.3) is 0 Å². The van der Waals surface area contributed by atoms with E-state index in [0.717, 1.165) is 25.8 Å². The van der Waals surface area contributed by atoms with Gasteiger partial charge in [-0.25, -0.2) is 0 Å². The summed E-state index contributed by atoms with van der Waals surface area (Å²) in [7, 11) is 0. The van der Waals surface area contributed by atoms with Crippen molar-refractivity contribution in [2.24, 2.45) is 0 Å². The summed E-state index contributed by atoms with van der Waals surface area (Å²) in [6, 6.07) is 0. The third-order valence-corrected chi connectivity index (χ3v) is 1.90. The number of hydrogen-bond acceptors (Lipinski definition) is 2. The van der Waals surface area contributed by atoms with Gasteiger partial charge in [0.05, 0.1) is 0 Å². The van der Waals surface area contributed by atoms with Crippen molar-refractivity contribution in [2.75, 3.05) is 6.54 Å². The smallest absolute Gasteiger partial charge is 0.216 e. The van der Waals surface area contributed by atoms with E-state index in [1.165, 1.54) is 6.92 Å². The monoisotopic (exact) mass is 215 g/mol. The minimum absolute atomic E-state index is 0.0182. The van der Waals surface area contributed by atoms with E-state index in [4.69, 9.17) is 0 Å². The van der Waals surface area contributed by atoms with E-state index >= 15 is 0 Å². The second-order valence-electron chi connectivity index (χ2n) is 3.19. The molecule has 0 atom stereocenters. The van der Waals surface area contributed by atoms with Crippen LogP contribution in [0.1, 0.15) is 59.8 Å². The molecule has 0 aliphatic heterocycles. The van der Waals surface area contributed by atoms with Crippen LogP contribution in [-0.2, 0) is 9.59 Å². The predicted octanol–water partition coefficient (Wildman–Crippen LogP) is 2.69. The normalized spacial score (nSPS) is 8.80. The molecule has 0 spiro atoms. The van der Waals surface area contributed by atoms with Gasteiger partial charge in [0.1, 0.15) is 5.78 Å². The van der Waals surface area contributed by atoms with Gasteiger partial charge >= 0.3 is 0 Å². The van der Waals surface area contributed by atoms with Crippen LogP contribution in [0.2, 0.25) is 0 Å². The summed E-state index contributed by atoms with van der Waals surface area (Å²) in [6.45, 7) is 8.13. The molecule has 15 heavy (non-hydrogen) atoms. The molecule has 0 aromatic rings. The van der Waals surface area contributed by atoms with E-state index in [1.807, 2.05) is 20.8 Å². The minimum atomic E-state index is 0.0182. The van der Waals surface area contributed by atoms with Crippen LogP contribution in [0.3, 0.4) is 0 Å². The first-order valence-corrected chi connectivity index (χ1v) is 5.93. The highest BCUT2D eigenvalue weighted by molar-refractivity contribution is 5.77. The summed E-state index contributed by atoms with van der Waals surface area (Å²) < 4.78 is 0. The molecule has 0 aromatic carbocycles. The van der Waals surface area contributed by atoms with E-state index < -0.39 is 0 Å². The highest BCUT2D eigenvalue weighted by Gasteiger charge is 1.97. The van der Waals surface area contributed by atoms with E-state index in [-0.39, 0.29) is 5.91 Å². The molecule has 0 fully saturated rings. The van der Waals surface area contributed by atoms with Crippen molar-refractivity contribution in [3.63, 3.8) is 0 Å². The molecule has 0 saturated heterocycles. The van der Waals surface area contributed by atoms with Crippen LogP contribution in [0.15, 0.2) is 0 Å². The largest absolute Gasteiger partial charge is 0.356 e. The van der Waals surface area contributed by atoms with Crippen molar-refractivity contribution < 1.29 is 9.59 Å². The third kappa shape index (κ3) is 15.9. The van der Waals surface area contributed by atoms with Gasteiger partial charge in [0.2, 0.25) is 5.91 Å². The standard InChI is InChI=1S/C10H19NO2.C2H6/c1-3-10(13)7-5-4-6-8-11-9(2)12;1-2/h3-8H2,1-2H3,(H,11,12);1-2H3. The third-order valence-electron chi connectivity index (χ3n) is 1.90. The summed E-state index contributed by atoms with van der Waals surface area (Å²) in [6.07, 6.45) is 4.27. The molecule has 0 aliphatic rings. The second-order valence-corrected chi connectivity index (χ2v) is 3.19. The Hall–Kier alpha value is -0.860. The zero-order chi connectivity index (χ0) is 12.1. The molecule has 0 saturated carbocycles. The van der Waals surface area contributed by atoms with Crippen LogP contribution in [0.25, 0.3) is 0 Å². The molecule has 0 bridgehead atoms. The van der Waals surface area contributed by atoms with E-state index in [0.29, 0.717) is 18.6 Å². The van der Waals surface area contributed by atoms with Gasteiger partial charge in [0, 0.05) is 26.3 Å². The van der Waals surface area contributed by atoms with Gasteiger partial charge in [-0.15, -0.1) is 0 Å². The number of Topliss-reactive ketones (excluding diaryl/α,β-unsaturated/α-hetero) is 1. The molecular weight excluding hydrogens is 190 g/mol. The van der Waals surface area contributed by atoms with Gasteiger partial charge in [0.15, 0.2) is 0 Å². The van der Waals surface area contributed by atoms with Gasteiger partial charge in [-0.2, -0.15) is 0 Å². The van der Waals surface area contributed by atoms with Crippen LogP contribution in [0.5, 0.6) is 0 Å². The SMILES string of the molecule is CC.CCC(=O)CCCCCNC(C)=O. The van der Waals surface area contributed by atoms with Gasteiger partial charge in [-0.3, -0.25) is 9.59 Å². The van der Waals surface area contributed by atoms with Gasteiger partial charge in [-0.1, -0.05) is 27.2 Å². The summed E-state index contributed by atoms with van der Waals surface area (Å²) in [5.41, 5.74) is 0. The maximum Gasteiger partial charge on any atom is 0.216 e. The minimum Gasteiger partial charge on any atom is -0.356 e. The number of carbonyl (C=O) groups excluding carboxylic acids is 2. The second kappa shape index (κ2) is 13.1. The number of hydrogen-bond donors (Lipinski definition) is 1. The van der Waals surface area contributed by atoms with Gasteiger partial charge in [-0.05, 0) is 12.8 Å². The van der Waals surface area contributed by atoms with Crippen LogP contribution in [0, 0.1) is 0 Å². The Bertz CT molecular complexity index is 167. The van der Waals surface area contributed by atoms with Crippen molar-refractivity contribution in [3.8, 4) is 0 Å². The van der Waals surface area contributed by atoms with Gasteiger partial charge < -0.3 is 5.32 Å². The average Bonchev–Trinajstić information content (AvgIpc) is 2.25. The molecule has 0 rings (SSSR count). The topological polar surface area (TPSA) is 46.2 Å². The lowest BCUT2D eigenvalue weighted by Gasteiger charge is -2.01. The van der Waals surface area contributed by atoms with E-state index in [2.05, 4.69) is 5.32 Å². The Balaban J connectivity index is 0. The number of carbonyl (C=O) groups is 2. The lowest BCUT2D eigenvalue weighted by Crippen LogP contribution is -2.20. The number of ketones is 1. The molecule has 0 aliphatic carbocycles. The fourth-order valence-electron chi connectivity index (χ4n) is 1.07. The molecule has 3 nitrogen and oxygen atoms in total. The maximum atomic E-state index is 10.9. The molecule has 0 aromatic heterocycles. The summed E-state index contributed by atoms with van der Waals surface area (Å²) in [5.74, 6) is 0.351. The van der Waals surface area contributed by atoms with Crippen molar-refractivity contribution in [2.45, 2.75) is 59.8 Å². The highest BCUT2D eigenvalue weighted by Crippen LogP contribution is 2.01. The Kier molecular flexibility index (Phi) is 14.5. The Labute approximate surface area is 93.6 Å². The van der Waals surface area contributed by atoms with Crippen molar-refractivity contribution in [3.05, 3.63) is 0 Å². The first-order chi connectivity index (χ1) is 7.16. The number of amides is 1. The Morgan fingerprint density at radius 1 is 1.07 bits per heavy atom. The zero-order valence-electron chi connectivity index (χ0n) is 10.6. The Morgan fingerprint density at radius 3 is 2.13 bits per heavy atom. The molecule has 0 heterocycles. The van der Waals surface area contributed by atoms with Crippen molar-refractivity contribution in [1.82, 2.24) is 5.32 Å². The molecule has 0 unspecified atom stereocenters.